The number of hydrogen-bond acceptors (Lipinski definition) is 1. The Kier molecular flexibility index (Phi) is 7.35. The second kappa shape index (κ2) is 7.37. The van der Waals surface area contributed by atoms with Crippen LogP contribution in [0.3, 0.4) is 0 Å². The second-order valence-corrected chi connectivity index (χ2v) is 4.86. The van der Waals surface area contributed by atoms with Gasteiger partial charge in [0.25, 0.3) is 0 Å². The molecule has 0 aromatic carbocycles. The van der Waals surface area contributed by atoms with Crippen LogP contribution in [0.1, 0.15) is 59.8 Å². The molecule has 13 heavy (non-hydrogen) atoms. The fraction of sp³-hybridized carbons (Fsp3) is 1.00. The van der Waals surface area contributed by atoms with Crippen molar-refractivity contribution in [2.45, 2.75) is 65.8 Å². The van der Waals surface area contributed by atoms with Crippen molar-refractivity contribution in [2.75, 3.05) is 0 Å². The third kappa shape index (κ3) is 8.29. The lowest BCUT2D eigenvalue weighted by Crippen LogP contribution is -2.22. The third-order valence-corrected chi connectivity index (χ3v) is 2.59. The van der Waals surface area contributed by atoms with Gasteiger partial charge < -0.3 is 5.73 Å². The molecule has 0 aliphatic heterocycles. The molecular formula is C12H27N. The highest BCUT2D eigenvalue weighted by molar-refractivity contribution is 4.65. The van der Waals surface area contributed by atoms with Crippen LogP contribution >= 0.6 is 0 Å². The van der Waals surface area contributed by atoms with Gasteiger partial charge in [-0.15, -0.1) is 0 Å². The van der Waals surface area contributed by atoms with Gasteiger partial charge in [-0.05, 0) is 31.1 Å². The van der Waals surface area contributed by atoms with Gasteiger partial charge in [0, 0.05) is 6.04 Å². The summed E-state index contributed by atoms with van der Waals surface area (Å²) in [6, 6.07) is 0.430. The van der Waals surface area contributed by atoms with Crippen LogP contribution in [0.25, 0.3) is 0 Å². The molecule has 80 valence electrons. The molecule has 0 saturated heterocycles. The molecule has 0 saturated carbocycles. The average Bonchev–Trinajstić information content (AvgIpc) is 2.00. The summed E-state index contributed by atoms with van der Waals surface area (Å²) in [6.45, 7) is 9.08. The summed E-state index contributed by atoms with van der Waals surface area (Å²) in [5.74, 6) is 1.61. The normalized spacial score (nSPS) is 16.2. The predicted octanol–water partition coefficient (Wildman–Crippen LogP) is 3.58. The molecule has 0 spiro atoms. The summed E-state index contributed by atoms with van der Waals surface area (Å²) in [6.07, 6.45) is 6.36. The fourth-order valence-electron chi connectivity index (χ4n) is 1.86. The van der Waals surface area contributed by atoms with Gasteiger partial charge in [0.15, 0.2) is 0 Å². The first-order valence-electron chi connectivity index (χ1n) is 5.81. The monoisotopic (exact) mass is 185 g/mol. The van der Waals surface area contributed by atoms with Gasteiger partial charge in [0.05, 0.1) is 0 Å². The van der Waals surface area contributed by atoms with E-state index in [1.54, 1.807) is 0 Å². The SMILES string of the molecule is CCCC(C)CCC(N)CC(C)C. The summed E-state index contributed by atoms with van der Waals surface area (Å²) in [5, 5.41) is 0. The maximum Gasteiger partial charge on any atom is 0.00413 e. The highest BCUT2D eigenvalue weighted by atomic mass is 14.6. The van der Waals surface area contributed by atoms with Gasteiger partial charge in [-0.25, -0.2) is 0 Å². The molecule has 0 aliphatic carbocycles. The Balaban J connectivity index is 3.40. The molecule has 0 aromatic rings. The van der Waals surface area contributed by atoms with E-state index in [-0.39, 0.29) is 0 Å². The third-order valence-electron chi connectivity index (χ3n) is 2.59. The minimum atomic E-state index is 0.430. The molecule has 0 aromatic heterocycles. The zero-order valence-corrected chi connectivity index (χ0v) is 9.84. The first kappa shape index (κ1) is 13.0. The fourth-order valence-corrected chi connectivity index (χ4v) is 1.86. The minimum absolute atomic E-state index is 0.430. The molecule has 0 radical (unpaired) electrons. The van der Waals surface area contributed by atoms with E-state index in [2.05, 4.69) is 27.7 Å². The van der Waals surface area contributed by atoms with Crippen LogP contribution in [0.4, 0.5) is 0 Å². The zero-order chi connectivity index (χ0) is 10.3. The maximum atomic E-state index is 6.02. The van der Waals surface area contributed by atoms with Gasteiger partial charge in [0.1, 0.15) is 0 Å². The number of hydrogen-bond donors (Lipinski definition) is 1. The highest BCUT2D eigenvalue weighted by Gasteiger charge is 2.07. The van der Waals surface area contributed by atoms with Crippen LogP contribution in [0.2, 0.25) is 0 Å². The highest BCUT2D eigenvalue weighted by Crippen LogP contribution is 2.15. The van der Waals surface area contributed by atoms with Crippen molar-refractivity contribution in [1.29, 1.82) is 0 Å². The van der Waals surface area contributed by atoms with Crippen LogP contribution in [0.5, 0.6) is 0 Å². The summed E-state index contributed by atoms with van der Waals surface area (Å²) in [5.41, 5.74) is 6.02. The molecule has 0 heterocycles. The van der Waals surface area contributed by atoms with E-state index < -0.39 is 0 Å². The average molecular weight is 185 g/mol. The molecule has 0 rings (SSSR count). The lowest BCUT2D eigenvalue weighted by molar-refractivity contribution is 0.403. The van der Waals surface area contributed by atoms with Crippen molar-refractivity contribution in [1.82, 2.24) is 0 Å². The van der Waals surface area contributed by atoms with Crippen molar-refractivity contribution >= 4 is 0 Å². The standard InChI is InChI=1S/C12H27N/c1-5-6-11(4)7-8-12(13)9-10(2)3/h10-12H,5-9,13H2,1-4H3. The van der Waals surface area contributed by atoms with Crippen molar-refractivity contribution in [3.05, 3.63) is 0 Å². The van der Waals surface area contributed by atoms with Crippen LogP contribution in [0, 0.1) is 11.8 Å². The molecule has 2 unspecified atom stereocenters. The largest absolute Gasteiger partial charge is 0.328 e. The zero-order valence-electron chi connectivity index (χ0n) is 9.84. The second-order valence-electron chi connectivity index (χ2n) is 4.86. The molecule has 2 N–H and O–H groups in total. The molecule has 0 bridgehead atoms. The molecule has 2 atom stereocenters. The van der Waals surface area contributed by atoms with Crippen LogP contribution in [-0.2, 0) is 0 Å². The molecule has 0 amide bonds. The first-order chi connectivity index (χ1) is 6.06. The molecule has 1 nitrogen and oxygen atoms in total. The summed E-state index contributed by atoms with van der Waals surface area (Å²) >= 11 is 0. The lowest BCUT2D eigenvalue weighted by atomic mass is 9.94. The summed E-state index contributed by atoms with van der Waals surface area (Å²) in [4.78, 5) is 0. The van der Waals surface area contributed by atoms with Gasteiger partial charge in [-0.2, -0.15) is 0 Å². The van der Waals surface area contributed by atoms with Gasteiger partial charge in [-0.1, -0.05) is 40.5 Å². The Hall–Kier alpha value is -0.0400. The molecular weight excluding hydrogens is 158 g/mol. The maximum absolute atomic E-state index is 6.02. The van der Waals surface area contributed by atoms with Crippen molar-refractivity contribution in [3.63, 3.8) is 0 Å². The topological polar surface area (TPSA) is 26.0 Å². The van der Waals surface area contributed by atoms with Crippen molar-refractivity contribution < 1.29 is 0 Å². The van der Waals surface area contributed by atoms with E-state index in [9.17, 15) is 0 Å². The Morgan fingerprint density at radius 2 is 1.62 bits per heavy atom. The van der Waals surface area contributed by atoms with Gasteiger partial charge in [0.2, 0.25) is 0 Å². The van der Waals surface area contributed by atoms with Crippen LogP contribution in [0.15, 0.2) is 0 Å². The van der Waals surface area contributed by atoms with E-state index in [1.807, 2.05) is 0 Å². The van der Waals surface area contributed by atoms with Crippen molar-refractivity contribution in [2.24, 2.45) is 17.6 Å². The summed E-state index contributed by atoms with van der Waals surface area (Å²) in [7, 11) is 0. The van der Waals surface area contributed by atoms with Gasteiger partial charge in [-0.3, -0.25) is 0 Å². The quantitative estimate of drug-likeness (QED) is 0.644. The summed E-state index contributed by atoms with van der Waals surface area (Å²) < 4.78 is 0. The molecule has 0 fully saturated rings. The number of nitrogens with two attached hydrogens (primary N) is 1. The van der Waals surface area contributed by atoms with E-state index in [0.717, 1.165) is 11.8 Å². The number of rotatable bonds is 7. The van der Waals surface area contributed by atoms with Crippen molar-refractivity contribution in [3.8, 4) is 0 Å². The van der Waals surface area contributed by atoms with Crippen LogP contribution < -0.4 is 5.73 Å². The molecule has 1 heteroatoms. The smallest absolute Gasteiger partial charge is 0.00413 e. The first-order valence-corrected chi connectivity index (χ1v) is 5.81. The van der Waals surface area contributed by atoms with Crippen LogP contribution in [-0.4, -0.2) is 6.04 Å². The Labute approximate surface area is 84.1 Å². The Morgan fingerprint density at radius 3 is 2.08 bits per heavy atom. The van der Waals surface area contributed by atoms with E-state index in [4.69, 9.17) is 5.73 Å². The predicted molar refractivity (Wildman–Crippen MR) is 60.7 cm³/mol. The molecule has 0 aliphatic rings. The van der Waals surface area contributed by atoms with E-state index in [0.29, 0.717) is 6.04 Å². The van der Waals surface area contributed by atoms with E-state index >= 15 is 0 Å². The Bertz CT molecular complexity index is 110. The van der Waals surface area contributed by atoms with E-state index in [1.165, 1.54) is 32.1 Å². The minimum Gasteiger partial charge on any atom is -0.328 e. The Morgan fingerprint density at radius 1 is 1.00 bits per heavy atom. The van der Waals surface area contributed by atoms with Gasteiger partial charge >= 0.3 is 0 Å². The lowest BCUT2D eigenvalue weighted by Gasteiger charge is -2.16.